The van der Waals surface area contributed by atoms with Crippen LogP contribution in [0.15, 0.2) is 78.9 Å². The highest BCUT2D eigenvalue weighted by atomic mass is 35.5. The zero-order valence-corrected chi connectivity index (χ0v) is 14.5. The number of hydrogen-bond acceptors (Lipinski definition) is 3. The summed E-state index contributed by atoms with van der Waals surface area (Å²) < 4.78 is 5.48. The Kier molecular flexibility index (Phi) is 4.31. The van der Waals surface area contributed by atoms with Crippen molar-refractivity contribution in [1.82, 2.24) is 0 Å². The number of Topliss-reactive ketones (excluding diaryl/α,β-unsaturated/α-hetero) is 1. The lowest BCUT2D eigenvalue weighted by Crippen LogP contribution is -2.38. The maximum atomic E-state index is 13.2. The summed E-state index contributed by atoms with van der Waals surface area (Å²) >= 11 is 6.18. The molecule has 0 aliphatic carbocycles. The Morgan fingerprint density at radius 3 is 2.23 bits per heavy atom. The maximum absolute atomic E-state index is 13.2. The molecule has 0 fully saturated rings. The lowest BCUT2D eigenvalue weighted by atomic mass is 9.75. The highest BCUT2D eigenvalue weighted by Crippen LogP contribution is 2.44. The van der Waals surface area contributed by atoms with Crippen molar-refractivity contribution in [2.24, 2.45) is 5.92 Å². The Bertz CT molecular complexity index is 967. The zero-order valence-electron chi connectivity index (χ0n) is 13.8. The predicted molar refractivity (Wildman–Crippen MR) is 99.6 cm³/mol. The molecule has 0 radical (unpaired) electrons. The van der Waals surface area contributed by atoms with Crippen LogP contribution in [0, 0.1) is 5.92 Å². The summed E-state index contributed by atoms with van der Waals surface area (Å²) in [6, 6.07) is 23.5. The summed E-state index contributed by atoms with van der Waals surface area (Å²) in [5.41, 5.74) is 2.11. The minimum absolute atomic E-state index is 0.255. The monoisotopic (exact) mass is 362 g/mol. The molecule has 3 aromatic rings. The third-order valence-electron chi connectivity index (χ3n) is 4.60. The molecule has 0 spiro atoms. The highest BCUT2D eigenvalue weighted by molar-refractivity contribution is 6.30. The van der Waals surface area contributed by atoms with E-state index in [1.54, 1.807) is 42.5 Å². The molecule has 3 aromatic carbocycles. The Hall–Kier alpha value is -2.91. The average Bonchev–Trinajstić information content (AvgIpc) is 2.68. The number of carbonyl (C=O) groups excluding carboxylic acids is 2. The minimum Gasteiger partial charge on any atom is -0.426 e. The van der Waals surface area contributed by atoms with Crippen molar-refractivity contribution in [3.05, 3.63) is 101 Å². The lowest BCUT2D eigenvalue weighted by Gasteiger charge is -2.31. The Morgan fingerprint density at radius 1 is 0.885 bits per heavy atom. The van der Waals surface area contributed by atoms with Crippen LogP contribution in [0.5, 0.6) is 5.75 Å². The van der Waals surface area contributed by atoms with E-state index in [0.29, 0.717) is 16.3 Å². The fourth-order valence-corrected chi connectivity index (χ4v) is 3.60. The molecule has 0 saturated heterocycles. The van der Waals surface area contributed by atoms with Gasteiger partial charge in [-0.1, -0.05) is 72.3 Å². The lowest BCUT2D eigenvalue weighted by molar-refractivity contribution is -0.138. The van der Waals surface area contributed by atoms with Gasteiger partial charge >= 0.3 is 5.97 Å². The minimum atomic E-state index is -0.953. The molecule has 0 saturated carbocycles. The summed E-state index contributed by atoms with van der Waals surface area (Å²) in [7, 11) is 0. The molecule has 1 aliphatic rings. The first-order valence-corrected chi connectivity index (χ1v) is 8.68. The second-order valence-corrected chi connectivity index (χ2v) is 6.64. The summed E-state index contributed by atoms with van der Waals surface area (Å²) in [5, 5.41) is 0.536. The topological polar surface area (TPSA) is 43.4 Å². The van der Waals surface area contributed by atoms with Crippen LogP contribution >= 0.6 is 11.6 Å². The number of benzene rings is 3. The number of ketones is 1. The number of carbonyl (C=O) groups is 2. The smallest absolute Gasteiger partial charge is 0.323 e. The summed E-state index contributed by atoms with van der Waals surface area (Å²) in [4.78, 5) is 25.9. The molecular formula is C22H15ClO3. The number of rotatable bonds is 3. The highest BCUT2D eigenvalue weighted by Gasteiger charge is 2.43. The van der Waals surface area contributed by atoms with Crippen molar-refractivity contribution in [3.63, 3.8) is 0 Å². The quantitative estimate of drug-likeness (QED) is 0.288. The van der Waals surface area contributed by atoms with Gasteiger partial charge in [0.25, 0.3) is 0 Å². The van der Waals surface area contributed by atoms with E-state index in [1.165, 1.54) is 0 Å². The summed E-state index contributed by atoms with van der Waals surface area (Å²) in [6.07, 6.45) is 0. The first-order valence-electron chi connectivity index (χ1n) is 8.30. The molecule has 26 heavy (non-hydrogen) atoms. The number of hydrogen-bond donors (Lipinski definition) is 0. The number of ether oxygens (including phenoxy) is 1. The number of esters is 1. The molecule has 128 valence electrons. The molecule has 1 heterocycles. The van der Waals surface area contributed by atoms with Crippen LogP contribution in [0.2, 0.25) is 5.02 Å². The first kappa shape index (κ1) is 16.6. The SMILES string of the molecule is O=C1Oc2ccc(Cl)cc2[C@@H](c2ccccc2)[C@@H]1C(=O)c1ccccc1. The van der Waals surface area contributed by atoms with Gasteiger partial charge in [0.1, 0.15) is 11.7 Å². The number of halogens is 1. The van der Waals surface area contributed by atoms with Gasteiger partial charge < -0.3 is 4.74 Å². The van der Waals surface area contributed by atoms with Gasteiger partial charge in [-0.05, 0) is 23.8 Å². The van der Waals surface area contributed by atoms with Crippen molar-refractivity contribution in [1.29, 1.82) is 0 Å². The van der Waals surface area contributed by atoms with Crippen LogP contribution in [0.25, 0.3) is 0 Å². The second-order valence-electron chi connectivity index (χ2n) is 6.20. The molecule has 2 atom stereocenters. The molecule has 0 unspecified atom stereocenters. The van der Waals surface area contributed by atoms with Crippen molar-refractivity contribution in [2.75, 3.05) is 0 Å². The van der Waals surface area contributed by atoms with Crippen LogP contribution in [0.4, 0.5) is 0 Å². The van der Waals surface area contributed by atoms with E-state index in [1.807, 2.05) is 36.4 Å². The second kappa shape index (κ2) is 6.77. The van der Waals surface area contributed by atoms with Crippen LogP contribution in [-0.2, 0) is 4.79 Å². The van der Waals surface area contributed by atoms with E-state index in [-0.39, 0.29) is 5.78 Å². The first-order chi connectivity index (χ1) is 12.6. The van der Waals surface area contributed by atoms with E-state index < -0.39 is 17.8 Å². The molecular weight excluding hydrogens is 348 g/mol. The van der Waals surface area contributed by atoms with Crippen molar-refractivity contribution in [2.45, 2.75) is 5.92 Å². The van der Waals surface area contributed by atoms with Crippen molar-refractivity contribution < 1.29 is 14.3 Å². The fourth-order valence-electron chi connectivity index (χ4n) is 3.42. The van der Waals surface area contributed by atoms with E-state index in [2.05, 4.69) is 0 Å². The maximum Gasteiger partial charge on any atom is 0.323 e. The predicted octanol–water partition coefficient (Wildman–Crippen LogP) is 4.89. The largest absolute Gasteiger partial charge is 0.426 e. The molecule has 0 amide bonds. The van der Waals surface area contributed by atoms with Gasteiger partial charge in [-0.25, -0.2) is 0 Å². The number of fused-ring (bicyclic) bond motifs is 1. The van der Waals surface area contributed by atoms with E-state index in [0.717, 1.165) is 11.1 Å². The fraction of sp³-hybridized carbons (Fsp3) is 0.0909. The van der Waals surface area contributed by atoms with E-state index >= 15 is 0 Å². The van der Waals surface area contributed by atoms with Crippen LogP contribution < -0.4 is 4.74 Å². The van der Waals surface area contributed by atoms with Gasteiger partial charge in [-0.15, -0.1) is 0 Å². The standard InChI is InChI=1S/C22H15ClO3/c23-16-11-12-18-17(13-16)19(14-7-3-1-4-8-14)20(22(25)26-18)21(24)15-9-5-2-6-10-15/h1-13,19-20H/t19-,20-/m1/s1. The normalized spacial score (nSPS) is 18.7. The molecule has 0 N–H and O–H groups in total. The molecule has 4 rings (SSSR count). The van der Waals surface area contributed by atoms with Crippen molar-refractivity contribution in [3.8, 4) is 5.75 Å². The third-order valence-corrected chi connectivity index (χ3v) is 4.84. The van der Waals surface area contributed by atoms with Gasteiger partial charge in [0.2, 0.25) is 0 Å². The van der Waals surface area contributed by atoms with Gasteiger partial charge in [0, 0.05) is 22.1 Å². The zero-order chi connectivity index (χ0) is 18.1. The molecule has 0 bridgehead atoms. The molecule has 0 aromatic heterocycles. The summed E-state index contributed by atoms with van der Waals surface area (Å²) in [5.74, 6) is -1.74. The van der Waals surface area contributed by atoms with Crippen molar-refractivity contribution >= 4 is 23.4 Å². The Labute approximate surface area is 156 Å². The Balaban J connectivity index is 1.89. The van der Waals surface area contributed by atoms with Gasteiger partial charge in [-0.2, -0.15) is 0 Å². The van der Waals surface area contributed by atoms with Crippen LogP contribution in [-0.4, -0.2) is 11.8 Å². The average molecular weight is 363 g/mol. The van der Waals surface area contributed by atoms with E-state index in [9.17, 15) is 9.59 Å². The third kappa shape index (κ3) is 2.91. The Morgan fingerprint density at radius 2 is 1.54 bits per heavy atom. The van der Waals surface area contributed by atoms with E-state index in [4.69, 9.17) is 16.3 Å². The van der Waals surface area contributed by atoms with Crippen LogP contribution in [0.3, 0.4) is 0 Å². The molecule has 1 aliphatic heterocycles. The molecule has 3 nitrogen and oxygen atoms in total. The van der Waals surface area contributed by atoms with Gasteiger partial charge in [0.15, 0.2) is 5.78 Å². The molecule has 4 heteroatoms. The van der Waals surface area contributed by atoms with Crippen LogP contribution in [0.1, 0.15) is 27.4 Å². The van der Waals surface area contributed by atoms with Gasteiger partial charge in [0.05, 0.1) is 0 Å². The summed E-state index contributed by atoms with van der Waals surface area (Å²) in [6.45, 7) is 0. The van der Waals surface area contributed by atoms with Gasteiger partial charge in [-0.3, -0.25) is 9.59 Å².